The Balaban J connectivity index is 0.000000176. The Morgan fingerprint density at radius 3 is 1.27 bits per heavy atom. The minimum Gasteiger partial charge on any atom is -0.491 e. The van der Waals surface area contributed by atoms with E-state index < -0.39 is 35.4 Å². The van der Waals surface area contributed by atoms with Crippen LogP contribution in [0.3, 0.4) is 0 Å². The van der Waals surface area contributed by atoms with Gasteiger partial charge in [0.25, 0.3) is 0 Å². The first kappa shape index (κ1) is 67.1. The maximum atomic E-state index is 15.0. The minimum atomic E-state index is -1.40. The third kappa shape index (κ3) is 14.9. The van der Waals surface area contributed by atoms with E-state index in [0.717, 1.165) is 99.3 Å². The lowest BCUT2D eigenvalue weighted by molar-refractivity contribution is -0.192. The molecular weight excluding hydrogens is 1300 g/mol. The second-order valence-corrected chi connectivity index (χ2v) is 25.4. The highest BCUT2D eigenvalue weighted by atomic mass is 35.5. The van der Waals surface area contributed by atoms with Crippen molar-refractivity contribution in [2.75, 3.05) is 98.4 Å². The number of hydrogen-bond acceptors (Lipinski definition) is 18. The molecule has 0 spiro atoms. The molecule has 6 atom stereocenters. The lowest BCUT2D eigenvalue weighted by Crippen LogP contribution is -2.46. The van der Waals surface area contributed by atoms with Gasteiger partial charge in [0.2, 0.25) is 11.6 Å². The summed E-state index contributed by atoms with van der Waals surface area (Å²) in [6, 6.07) is 40.9. The van der Waals surface area contributed by atoms with Crippen molar-refractivity contribution in [1.29, 1.82) is 0 Å². The van der Waals surface area contributed by atoms with Gasteiger partial charge in [-0.2, -0.15) is 20.4 Å². The molecule has 0 bridgehead atoms. The maximum Gasteiger partial charge on any atom is 0.350 e. The first-order chi connectivity index (χ1) is 47.6. The number of halogens is 4. The molecule has 4 fully saturated rings. The number of anilines is 4. The van der Waals surface area contributed by atoms with E-state index in [9.17, 15) is 14.0 Å². The smallest absolute Gasteiger partial charge is 0.350 e. The Kier molecular flexibility index (Phi) is 20.4. The van der Waals surface area contributed by atoms with Crippen LogP contribution < -0.4 is 40.5 Å². The van der Waals surface area contributed by atoms with Crippen molar-refractivity contribution < 1.29 is 37.2 Å². The van der Waals surface area contributed by atoms with E-state index in [-0.39, 0.29) is 78.6 Å². The van der Waals surface area contributed by atoms with Crippen LogP contribution in [0.15, 0.2) is 181 Å². The van der Waals surface area contributed by atoms with Crippen LogP contribution in [0.25, 0.3) is 11.4 Å². The van der Waals surface area contributed by atoms with Crippen LogP contribution >= 0.6 is 23.2 Å². The summed E-state index contributed by atoms with van der Waals surface area (Å²) in [5.74, 6) is -2.22. The molecular formula is C70H76Cl2F2N16O8. The van der Waals surface area contributed by atoms with Gasteiger partial charge in [-0.1, -0.05) is 37.0 Å². The second-order valence-electron chi connectivity index (χ2n) is 24.6. The summed E-state index contributed by atoms with van der Waals surface area (Å²) >= 11 is 12.4. The van der Waals surface area contributed by atoms with Crippen molar-refractivity contribution in [3.8, 4) is 22.9 Å². The van der Waals surface area contributed by atoms with Crippen molar-refractivity contribution in [3.63, 3.8) is 0 Å². The van der Waals surface area contributed by atoms with Gasteiger partial charge in [-0.05, 0) is 160 Å². The highest BCUT2D eigenvalue weighted by Crippen LogP contribution is 2.41. The number of rotatable bonds is 22. The average molecular weight is 1380 g/mol. The van der Waals surface area contributed by atoms with Crippen molar-refractivity contribution in [2.45, 2.75) is 89.5 Å². The van der Waals surface area contributed by atoms with Gasteiger partial charge in [0, 0.05) is 91.3 Å². The quantitative estimate of drug-likeness (QED) is 0.0618. The summed E-state index contributed by atoms with van der Waals surface area (Å²) in [7, 11) is 0. The molecule has 4 saturated heterocycles. The summed E-state index contributed by atoms with van der Waals surface area (Å²) in [4.78, 5) is 43.0. The fourth-order valence-corrected chi connectivity index (χ4v) is 13.0. The zero-order valence-corrected chi connectivity index (χ0v) is 56.2. The Labute approximate surface area is 574 Å². The molecule has 0 amide bonds. The zero-order chi connectivity index (χ0) is 67.9. The first-order valence-electron chi connectivity index (χ1n) is 32.8. The molecule has 8 heterocycles. The van der Waals surface area contributed by atoms with Crippen LogP contribution in [-0.2, 0) is 43.6 Å². The molecule has 0 saturated carbocycles. The van der Waals surface area contributed by atoms with Gasteiger partial charge in [-0.25, -0.2) is 56.2 Å². The lowest BCUT2D eigenvalue weighted by atomic mass is 10.0. The van der Waals surface area contributed by atoms with Crippen molar-refractivity contribution >= 4 is 46.0 Å². The number of hydrogen-bond donors (Lipinski definition) is 0. The average Bonchev–Trinajstić information content (AvgIpc) is 1.60. The Morgan fingerprint density at radius 1 is 0.500 bits per heavy atom. The molecule has 4 aromatic heterocycles. The predicted molar refractivity (Wildman–Crippen MR) is 366 cm³/mol. The molecule has 24 nitrogen and oxygen atoms in total. The number of benzene rings is 6. The summed E-state index contributed by atoms with van der Waals surface area (Å²) in [6.07, 6.45) is 9.95. The SMILES string of the molecule is CCC(C)n1ncn(-c2ccc(N3CCN(c4ccc(OC[C@H]5CO[C@](Cn6cncn6)(c6ccc(Cl)cc6F)O5)cc4)CC3)cc2)c1=O.CCC(C)n1ncn(-c2ccc(N3CCN(c4ccc(OC[C@H]5CO[C@](Cn6cncn6)(c6ccc(F)cc6Cl)O5)cc4)CC3)cc2)c1=O. The predicted octanol–water partition coefficient (Wildman–Crippen LogP) is 10.1. The number of piperazine rings is 2. The van der Waals surface area contributed by atoms with Gasteiger partial charge in [-0.15, -0.1) is 0 Å². The Bertz CT molecular complexity index is 4100. The fraction of sp³-hybridized carbons (Fsp3) is 0.371. The van der Waals surface area contributed by atoms with E-state index in [4.69, 9.17) is 51.6 Å². The molecule has 6 aromatic carbocycles. The first-order valence-corrected chi connectivity index (χ1v) is 33.6. The van der Waals surface area contributed by atoms with Crippen LogP contribution in [0, 0.1) is 11.6 Å². The van der Waals surface area contributed by atoms with Crippen molar-refractivity contribution in [1.82, 2.24) is 58.2 Å². The number of aromatic nitrogens is 12. The van der Waals surface area contributed by atoms with Crippen LogP contribution in [-0.4, -0.2) is 149 Å². The van der Waals surface area contributed by atoms with Crippen LogP contribution in [0.2, 0.25) is 10.0 Å². The molecule has 10 aromatic rings. The Morgan fingerprint density at radius 2 is 0.888 bits per heavy atom. The summed E-state index contributed by atoms with van der Waals surface area (Å²) < 4.78 is 75.4. The van der Waals surface area contributed by atoms with Gasteiger partial charge in [0.05, 0.1) is 41.7 Å². The van der Waals surface area contributed by atoms with E-state index >= 15 is 4.39 Å². The molecule has 28 heteroatoms. The molecule has 4 aliphatic rings. The highest BCUT2D eigenvalue weighted by molar-refractivity contribution is 6.31. The normalized spacial score (nSPS) is 20.1. The Hall–Kier alpha value is -9.44. The number of ether oxygens (including phenoxy) is 6. The second kappa shape index (κ2) is 29.7. The van der Waals surface area contributed by atoms with E-state index in [0.29, 0.717) is 17.1 Å². The molecule has 14 rings (SSSR count). The zero-order valence-electron chi connectivity index (χ0n) is 54.7. The largest absolute Gasteiger partial charge is 0.491 e. The molecule has 98 heavy (non-hydrogen) atoms. The highest BCUT2D eigenvalue weighted by Gasteiger charge is 2.47. The number of nitrogens with zero attached hydrogens (tertiary/aromatic N) is 16. The van der Waals surface area contributed by atoms with Gasteiger partial charge in [-0.3, -0.25) is 0 Å². The van der Waals surface area contributed by atoms with E-state index in [2.05, 4.69) is 98.5 Å². The molecule has 0 N–H and O–H groups in total. The lowest BCUT2D eigenvalue weighted by Gasteiger charge is -2.37. The van der Waals surface area contributed by atoms with E-state index in [1.165, 1.54) is 46.5 Å². The summed E-state index contributed by atoms with van der Waals surface area (Å²) in [5, 5.41) is 17.4. The van der Waals surface area contributed by atoms with Gasteiger partial charge >= 0.3 is 11.4 Å². The van der Waals surface area contributed by atoms with Gasteiger partial charge in [0.15, 0.2) is 0 Å². The van der Waals surface area contributed by atoms with Crippen molar-refractivity contribution in [2.24, 2.45) is 0 Å². The van der Waals surface area contributed by atoms with Crippen molar-refractivity contribution in [3.05, 3.63) is 225 Å². The standard InChI is InChI=1S/2C35H38ClFN8O4/c1-3-25(2)45-34(46)44(24-40-45)29-7-5-27(6-8-29)41-14-16-42(17-15-41)28-9-11-30(12-10-28)47-19-31-20-48-35(49-31,21-43-23-38-22-39-43)32-13-4-26(37)18-33(32)36;1-3-25(2)45-34(46)44(24-40-45)29-7-5-27(6-8-29)41-14-16-42(17-15-41)28-9-11-30(12-10-28)47-19-31-20-48-35(49-31,21-43-23-38-22-39-43)32-13-4-26(36)18-33(32)37/h2*4-13,18,22-25,31H,3,14-17,19-21H2,1-2H3/t2*25?,31-,35-/m00/s1. The van der Waals surface area contributed by atoms with Gasteiger partial charge < -0.3 is 48.0 Å². The third-order valence-electron chi connectivity index (χ3n) is 18.3. The molecule has 0 radical (unpaired) electrons. The molecule has 512 valence electrons. The monoisotopic (exact) mass is 1380 g/mol. The molecule has 2 unspecified atom stereocenters. The van der Waals surface area contributed by atoms with Crippen LogP contribution in [0.4, 0.5) is 31.5 Å². The fourth-order valence-electron chi connectivity index (χ4n) is 12.5. The van der Waals surface area contributed by atoms with Gasteiger partial charge in [0.1, 0.15) is 99.6 Å². The third-order valence-corrected chi connectivity index (χ3v) is 18.8. The van der Waals surface area contributed by atoms with Crippen LogP contribution in [0.1, 0.15) is 63.7 Å². The van der Waals surface area contributed by atoms with Crippen LogP contribution in [0.5, 0.6) is 11.5 Å². The molecule has 4 aliphatic heterocycles. The summed E-state index contributed by atoms with van der Waals surface area (Å²) in [5.41, 5.74) is 6.59. The van der Waals surface area contributed by atoms with E-state index in [1.54, 1.807) is 55.7 Å². The molecule has 0 aliphatic carbocycles. The summed E-state index contributed by atoms with van der Waals surface area (Å²) in [6.45, 7) is 16.3. The van der Waals surface area contributed by atoms with E-state index in [1.807, 2.05) is 76.2 Å². The topological polar surface area (TPSA) is 209 Å². The maximum absolute atomic E-state index is 15.0. The minimum absolute atomic E-state index is 0.0577.